The fraction of sp³-hybridized carbons (Fsp3) is 0.154. The number of hydrogen-bond donors (Lipinski definition) is 0. The van der Waals surface area contributed by atoms with Crippen LogP contribution in [0.3, 0.4) is 0 Å². The van der Waals surface area contributed by atoms with E-state index in [1.807, 2.05) is 0 Å². The van der Waals surface area contributed by atoms with Crippen molar-refractivity contribution in [2.45, 2.75) is 12.1 Å². The average Bonchev–Trinajstić information content (AvgIpc) is 2.38. The summed E-state index contributed by atoms with van der Waals surface area (Å²) in [6.45, 7) is 0. The van der Waals surface area contributed by atoms with Gasteiger partial charge in [0.15, 0.2) is 0 Å². The molecule has 0 aliphatic rings. The molecule has 2 rings (SSSR count). The van der Waals surface area contributed by atoms with Crippen LogP contribution < -0.4 is 0 Å². The van der Waals surface area contributed by atoms with E-state index in [0.29, 0.717) is 11.1 Å². The first-order valence-electron chi connectivity index (χ1n) is 5.19. The van der Waals surface area contributed by atoms with Gasteiger partial charge in [0.25, 0.3) is 0 Å². The van der Waals surface area contributed by atoms with Gasteiger partial charge in [0.05, 0.1) is 5.56 Å². The van der Waals surface area contributed by atoms with Gasteiger partial charge in [0, 0.05) is 18.3 Å². The lowest BCUT2D eigenvalue weighted by Crippen LogP contribution is -2.08. The first-order chi connectivity index (χ1) is 8.52. The summed E-state index contributed by atoms with van der Waals surface area (Å²) in [6.07, 6.45) is -1.48. The van der Waals surface area contributed by atoms with Crippen LogP contribution in [0.4, 0.5) is 13.2 Å². The molecule has 0 aliphatic heterocycles. The monoisotopic (exact) mass is 271 g/mol. The molecule has 0 fully saturated rings. The van der Waals surface area contributed by atoms with Crippen molar-refractivity contribution in [2.24, 2.45) is 0 Å². The van der Waals surface area contributed by atoms with Crippen molar-refractivity contribution >= 4 is 11.6 Å². The smallest absolute Gasteiger partial charge is 0.265 e. The lowest BCUT2D eigenvalue weighted by molar-refractivity contribution is -0.137. The molecule has 0 spiro atoms. The highest BCUT2D eigenvalue weighted by Crippen LogP contribution is 2.37. The first-order valence-corrected chi connectivity index (χ1v) is 5.72. The largest absolute Gasteiger partial charge is 0.417 e. The van der Waals surface area contributed by atoms with E-state index in [4.69, 9.17) is 11.6 Å². The Kier molecular flexibility index (Phi) is 3.57. The van der Waals surface area contributed by atoms with Gasteiger partial charge in [-0.25, -0.2) is 0 Å². The molecule has 0 aliphatic carbocycles. The van der Waals surface area contributed by atoms with Crippen LogP contribution in [0, 0.1) is 0 Å². The minimum absolute atomic E-state index is 0.0553. The topological polar surface area (TPSA) is 12.9 Å². The summed E-state index contributed by atoms with van der Waals surface area (Å²) in [4.78, 5) is 3.79. The highest BCUT2D eigenvalue weighted by molar-refractivity contribution is 6.17. The molecular weight excluding hydrogens is 263 g/mol. The number of nitrogens with zero attached hydrogens (tertiary/aromatic N) is 1. The van der Waals surface area contributed by atoms with Crippen LogP contribution in [0.5, 0.6) is 0 Å². The molecule has 1 aromatic carbocycles. The Morgan fingerprint density at radius 1 is 1.06 bits per heavy atom. The maximum absolute atomic E-state index is 13.0. The predicted octanol–water partition coefficient (Wildman–Crippen LogP) is 4.51. The molecule has 0 saturated heterocycles. The highest BCUT2D eigenvalue weighted by Gasteiger charge is 2.33. The normalized spacial score (nSPS) is 11.6. The molecule has 5 heteroatoms. The Morgan fingerprint density at radius 3 is 2.28 bits per heavy atom. The standard InChI is InChI=1S/C13H9ClF3N/c14-8-9-1-2-11(10-3-5-18-6-4-10)12(7-9)13(15,16)17/h1-7H,8H2. The first kappa shape index (κ1) is 12.9. The van der Waals surface area contributed by atoms with Gasteiger partial charge < -0.3 is 0 Å². The summed E-state index contributed by atoms with van der Waals surface area (Å²) in [5, 5.41) is 0. The SMILES string of the molecule is FC(F)(F)c1cc(CCl)ccc1-c1ccncc1. The van der Waals surface area contributed by atoms with Gasteiger partial charge in [-0.2, -0.15) is 13.2 Å². The van der Waals surface area contributed by atoms with E-state index in [9.17, 15) is 13.2 Å². The quantitative estimate of drug-likeness (QED) is 0.733. The molecule has 0 radical (unpaired) electrons. The van der Waals surface area contributed by atoms with E-state index in [-0.39, 0.29) is 11.4 Å². The molecule has 0 atom stereocenters. The number of hydrogen-bond acceptors (Lipinski definition) is 1. The molecular formula is C13H9ClF3N. The second-order valence-electron chi connectivity index (χ2n) is 3.75. The number of halogens is 4. The Morgan fingerprint density at radius 2 is 1.72 bits per heavy atom. The Bertz CT molecular complexity index is 538. The van der Waals surface area contributed by atoms with Crippen molar-refractivity contribution in [2.75, 3.05) is 0 Å². The lowest BCUT2D eigenvalue weighted by atomic mass is 9.98. The third-order valence-electron chi connectivity index (χ3n) is 2.54. The minimum atomic E-state index is -4.40. The molecule has 0 N–H and O–H groups in total. The zero-order valence-corrected chi connectivity index (χ0v) is 9.96. The fourth-order valence-corrected chi connectivity index (χ4v) is 1.86. The third kappa shape index (κ3) is 2.64. The second kappa shape index (κ2) is 4.98. The molecule has 94 valence electrons. The van der Waals surface area contributed by atoms with Crippen molar-refractivity contribution in [1.29, 1.82) is 0 Å². The van der Waals surface area contributed by atoms with Crippen LogP contribution in [-0.2, 0) is 12.1 Å². The number of benzene rings is 1. The van der Waals surface area contributed by atoms with E-state index < -0.39 is 11.7 Å². The van der Waals surface area contributed by atoms with Crippen molar-refractivity contribution in [1.82, 2.24) is 4.98 Å². The maximum atomic E-state index is 13.0. The maximum Gasteiger partial charge on any atom is 0.417 e. The molecule has 0 amide bonds. The summed E-state index contributed by atoms with van der Waals surface area (Å²) in [6, 6.07) is 7.21. The molecule has 1 nitrogen and oxygen atoms in total. The number of pyridine rings is 1. The summed E-state index contributed by atoms with van der Waals surface area (Å²) in [7, 11) is 0. The Balaban J connectivity index is 2.61. The molecule has 0 saturated carbocycles. The molecule has 18 heavy (non-hydrogen) atoms. The highest BCUT2D eigenvalue weighted by atomic mass is 35.5. The van der Waals surface area contributed by atoms with E-state index in [2.05, 4.69) is 4.98 Å². The fourth-order valence-electron chi connectivity index (χ4n) is 1.69. The zero-order valence-electron chi connectivity index (χ0n) is 9.21. The van der Waals surface area contributed by atoms with E-state index >= 15 is 0 Å². The van der Waals surface area contributed by atoms with Crippen LogP contribution in [0.1, 0.15) is 11.1 Å². The lowest BCUT2D eigenvalue weighted by Gasteiger charge is -2.14. The number of rotatable bonds is 2. The van der Waals surface area contributed by atoms with Crippen LogP contribution in [0.25, 0.3) is 11.1 Å². The van der Waals surface area contributed by atoms with Gasteiger partial charge in [-0.1, -0.05) is 12.1 Å². The Labute approximate surface area is 107 Å². The predicted molar refractivity (Wildman–Crippen MR) is 64.2 cm³/mol. The number of alkyl halides is 4. The molecule has 1 aromatic heterocycles. The average molecular weight is 272 g/mol. The molecule has 2 aromatic rings. The van der Waals surface area contributed by atoms with Crippen molar-refractivity contribution in [3.05, 3.63) is 53.9 Å². The van der Waals surface area contributed by atoms with Gasteiger partial charge in [0.1, 0.15) is 0 Å². The van der Waals surface area contributed by atoms with Crippen LogP contribution in [-0.4, -0.2) is 4.98 Å². The summed E-state index contributed by atoms with van der Waals surface area (Å²) >= 11 is 5.57. The summed E-state index contributed by atoms with van der Waals surface area (Å²) < 4.78 is 39.0. The van der Waals surface area contributed by atoms with Crippen molar-refractivity contribution < 1.29 is 13.2 Å². The molecule has 0 unspecified atom stereocenters. The second-order valence-corrected chi connectivity index (χ2v) is 4.01. The zero-order chi connectivity index (χ0) is 13.2. The van der Waals surface area contributed by atoms with Crippen molar-refractivity contribution in [3.8, 4) is 11.1 Å². The van der Waals surface area contributed by atoms with Crippen molar-refractivity contribution in [3.63, 3.8) is 0 Å². The van der Waals surface area contributed by atoms with Gasteiger partial charge in [-0.05, 0) is 34.9 Å². The minimum Gasteiger partial charge on any atom is -0.265 e. The Hall–Kier alpha value is -1.55. The van der Waals surface area contributed by atoms with E-state index in [1.165, 1.54) is 18.5 Å². The van der Waals surface area contributed by atoms with Gasteiger partial charge in [-0.15, -0.1) is 11.6 Å². The van der Waals surface area contributed by atoms with E-state index in [1.54, 1.807) is 18.2 Å². The van der Waals surface area contributed by atoms with Crippen LogP contribution in [0.2, 0.25) is 0 Å². The van der Waals surface area contributed by atoms with Gasteiger partial charge >= 0.3 is 6.18 Å². The molecule has 1 heterocycles. The van der Waals surface area contributed by atoms with Crippen LogP contribution in [0.15, 0.2) is 42.7 Å². The summed E-state index contributed by atoms with van der Waals surface area (Å²) in [5.74, 6) is 0.0553. The third-order valence-corrected chi connectivity index (χ3v) is 2.84. The van der Waals surface area contributed by atoms with Gasteiger partial charge in [-0.3, -0.25) is 4.98 Å². The van der Waals surface area contributed by atoms with Gasteiger partial charge in [0.2, 0.25) is 0 Å². The van der Waals surface area contributed by atoms with Crippen LogP contribution >= 0.6 is 11.6 Å². The number of aromatic nitrogens is 1. The summed E-state index contributed by atoms with van der Waals surface area (Å²) in [5.41, 5.74) is 0.394. The van der Waals surface area contributed by atoms with E-state index in [0.717, 1.165) is 6.07 Å². The molecule has 0 bridgehead atoms.